The zero-order valence-corrected chi connectivity index (χ0v) is 16.3. The largest absolute Gasteiger partial charge is 0.493 e. The third-order valence-electron chi connectivity index (χ3n) is 4.32. The van der Waals surface area contributed by atoms with E-state index < -0.39 is 0 Å². The lowest BCUT2D eigenvalue weighted by molar-refractivity contribution is -0.146. The number of amides is 1. The summed E-state index contributed by atoms with van der Waals surface area (Å²) in [5, 5.41) is 0. The van der Waals surface area contributed by atoms with Crippen LogP contribution in [0.3, 0.4) is 0 Å². The minimum absolute atomic E-state index is 0.155. The maximum Gasteiger partial charge on any atom is 0.308 e. The van der Waals surface area contributed by atoms with Crippen LogP contribution in [0.4, 0.5) is 0 Å². The second-order valence-electron chi connectivity index (χ2n) is 5.60. The molecule has 0 unspecified atom stereocenters. The highest BCUT2D eigenvalue weighted by atomic mass is 79.9. The average Bonchev–Trinajstić information content (AvgIpc) is 2.66. The zero-order valence-electron chi connectivity index (χ0n) is 14.8. The number of carbonyl (C=O) groups excluding carboxylic acids is 2. The number of hydrogen-bond acceptors (Lipinski definition) is 6. The number of nitrogens with zero attached hydrogens (tertiary/aromatic N) is 1. The molecule has 1 aromatic rings. The number of ether oxygens (including phenoxy) is 4. The molecule has 7 nitrogen and oxygen atoms in total. The summed E-state index contributed by atoms with van der Waals surface area (Å²) in [5.74, 6) is 0.691. The van der Waals surface area contributed by atoms with E-state index in [0.29, 0.717) is 53.2 Å². The fourth-order valence-electron chi connectivity index (χ4n) is 2.93. The molecule has 1 aromatic carbocycles. The lowest BCUT2D eigenvalue weighted by atomic mass is 9.96. The molecule has 1 amide bonds. The maximum absolute atomic E-state index is 12.9. The van der Waals surface area contributed by atoms with Gasteiger partial charge in [0.05, 0.1) is 44.4 Å². The van der Waals surface area contributed by atoms with Crippen LogP contribution in [0.15, 0.2) is 10.5 Å². The monoisotopic (exact) mass is 415 g/mol. The molecule has 138 valence electrons. The van der Waals surface area contributed by atoms with Crippen molar-refractivity contribution in [2.24, 2.45) is 5.92 Å². The maximum atomic E-state index is 12.9. The average molecular weight is 416 g/mol. The summed E-state index contributed by atoms with van der Waals surface area (Å²) in [6.07, 6.45) is 1.17. The van der Waals surface area contributed by atoms with E-state index in [9.17, 15) is 9.59 Å². The molecular weight excluding hydrogens is 394 g/mol. The van der Waals surface area contributed by atoms with Crippen molar-refractivity contribution < 1.29 is 28.5 Å². The molecule has 0 bridgehead atoms. The lowest BCUT2D eigenvalue weighted by Crippen LogP contribution is -2.40. The van der Waals surface area contributed by atoms with Crippen molar-refractivity contribution in [3.8, 4) is 17.2 Å². The first-order valence-electron chi connectivity index (χ1n) is 7.84. The standard InChI is InChI=1S/C17H22BrNO6/c1-22-12-9-11(13(18)15(24-3)14(12)23-2)16(20)19-7-5-10(6-8-19)17(21)25-4/h9-10H,5-8H2,1-4H3. The first-order valence-corrected chi connectivity index (χ1v) is 8.63. The quantitative estimate of drug-likeness (QED) is 0.687. The van der Waals surface area contributed by atoms with Crippen molar-refractivity contribution >= 4 is 27.8 Å². The number of esters is 1. The van der Waals surface area contributed by atoms with E-state index >= 15 is 0 Å². The molecule has 1 fully saturated rings. The summed E-state index contributed by atoms with van der Waals surface area (Å²) in [4.78, 5) is 26.3. The van der Waals surface area contributed by atoms with E-state index in [1.165, 1.54) is 28.4 Å². The van der Waals surface area contributed by atoms with Gasteiger partial charge in [-0.05, 0) is 34.8 Å². The molecule has 1 aliphatic rings. The van der Waals surface area contributed by atoms with E-state index in [-0.39, 0.29) is 17.8 Å². The second kappa shape index (κ2) is 8.42. The molecule has 2 rings (SSSR count). The Bertz CT molecular complexity index is 655. The number of benzene rings is 1. The highest BCUT2D eigenvalue weighted by Crippen LogP contribution is 2.45. The van der Waals surface area contributed by atoms with E-state index in [0.717, 1.165) is 0 Å². The van der Waals surface area contributed by atoms with Crippen LogP contribution in [0, 0.1) is 5.92 Å². The highest BCUT2D eigenvalue weighted by molar-refractivity contribution is 9.10. The smallest absolute Gasteiger partial charge is 0.308 e. The van der Waals surface area contributed by atoms with Gasteiger partial charge in [-0.2, -0.15) is 0 Å². The van der Waals surface area contributed by atoms with Gasteiger partial charge in [-0.3, -0.25) is 9.59 Å². The summed E-state index contributed by atoms with van der Waals surface area (Å²) in [7, 11) is 5.89. The lowest BCUT2D eigenvalue weighted by Gasteiger charge is -2.31. The van der Waals surface area contributed by atoms with Crippen molar-refractivity contribution in [2.75, 3.05) is 41.5 Å². The molecule has 1 aliphatic heterocycles. The van der Waals surface area contributed by atoms with Gasteiger partial charge in [0.2, 0.25) is 5.75 Å². The number of hydrogen-bond donors (Lipinski definition) is 0. The zero-order chi connectivity index (χ0) is 18.6. The van der Waals surface area contributed by atoms with E-state index in [1.54, 1.807) is 11.0 Å². The van der Waals surface area contributed by atoms with Crippen LogP contribution >= 0.6 is 15.9 Å². The van der Waals surface area contributed by atoms with Crippen molar-refractivity contribution in [3.05, 3.63) is 16.1 Å². The molecule has 0 radical (unpaired) electrons. The second-order valence-corrected chi connectivity index (χ2v) is 6.39. The Morgan fingerprint density at radius 3 is 2.12 bits per heavy atom. The molecule has 0 aromatic heterocycles. The van der Waals surface area contributed by atoms with Crippen molar-refractivity contribution in [2.45, 2.75) is 12.8 Å². The van der Waals surface area contributed by atoms with Crippen LogP contribution in [0.25, 0.3) is 0 Å². The highest BCUT2D eigenvalue weighted by Gasteiger charge is 2.31. The summed E-state index contributed by atoms with van der Waals surface area (Å²) in [6, 6.07) is 1.63. The third-order valence-corrected chi connectivity index (χ3v) is 5.10. The minimum atomic E-state index is -0.221. The Balaban J connectivity index is 2.27. The van der Waals surface area contributed by atoms with E-state index in [4.69, 9.17) is 18.9 Å². The van der Waals surface area contributed by atoms with Crippen molar-refractivity contribution in [1.29, 1.82) is 0 Å². The topological polar surface area (TPSA) is 74.3 Å². The fraction of sp³-hybridized carbons (Fsp3) is 0.529. The van der Waals surface area contributed by atoms with Crippen LogP contribution in [-0.4, -0.2) is 58.3 Å². The fourth-order valence-corrected chi connectivity index (χ4v) is 3.56. The summed E-state index contributed by atoms with van der Waals surface area (Å²) in [5.41, 5.74) is 0.422. The van der Waals surface area contributed by atoms with Crippen LogP contribution in [0.5, 0.6) is 17.2 Å². The number of likely N-dealkylation sites (tertiary alicyclic amines) is 1. The van der Waals surface area contributed by atoms with Crippen molar-refractivity contribution in [1.82, 2.24) is 4.90 Å². The molecule has 1 saturated heterocycles. The van der Waals surface area contributed by atoms with Gasteiger partial charge in [0.15, 0.2) is 11.5 Å². The van der Waals surface area contributed by atoms with Gasteiger partial charge >= 0.3 is 5.97 Å². The SMILES string of the molecule is COC(=O)C1CCN(C(=O)c2cc(OC)c(OC)c(OC)c2Br)CC1. The Morgan fingerprint density at radius 1 is 1.04 bits per heavy atom. The van der Waals surface area contributed by atoms with Crippen LogP contribution < -0.4 is 14.2 Å². The van der Waals surface area contributed by atoms with Crippen molar-refractivity contribution in [3.63, 3.8) is 0 Å². The van der Waals surface area contributed by atoms with Gasteiger partial charge in [0, 0.05) is 13.1 Å². The summed E-state index contributed by atoms with van der Waals surface area (Å²) in [6.45, 7) is 0.976. The molecule has 8 heteroatoms. The molecule has 0 saturated carbocycles. The molecule has 0 N–H and O–H groups in total. The number of piperidine rings is 1. The normalized spacial score (nSPS) is 14.8. The van der Waals surface area contributed by atoms with E-state index in [1.807, 2.05) is 0 Å². The Kier molecular flexibility index (Phi) is 6.52. The Morgan fingerprint density at radius 2 is 1.64 bits per heavy atom. The summed E-state index contributed by atoms with van der Waals surface area (Å²) < 4.78 is 21.3. The molecule has 25 heavy (non-hydrogen) atoms. The first-order chi connectivity index (χ1) is 12.0. The van der Waals surface area contributed by atoms with Crippen LogP contribution in [-0.2, 0) is 9.53 Å². The predicted octanol–water partition coefficient (Wildman–Crippen LogP) is 2.50. The first kappa shape index (κ1) is 19.4. The molecule has 1 heterocycles. The van der Waals surface area contributed by atoms with Gasteiger partial charge in [-0.1, -0.05) is 0 Å². The van der Waals surface area contributed by atoms with Crippen LogP contribution in [0.1, 0.15) is 23.2 Å². The number of carbonyl (C=O) groups is 2. The Labute approximate surface area is 155 Å². The minimum Gasteiger partial charge on any atom is -0.493 e. The number of rotatable bonds is 5. The molecule has 0 aliphatic carbocycles. The number of methoxy groups -OCH3 is 4. The summed E-state index contributed by atoms with van der Waals surface area (Å²) >= 11 is 3.43. The molecular formula is C17H22BrNO6. The van der Waals surface area contributed by atoms with Gasteiger partial charge in [-0.15, -0.1) is 0 Å². The van der Waals surface area contributed by atoms with E-state index in [2.05, 4.69) is 15.9 Å². The Hall–Kier alpha value is -1.96. The van der Waals surface area contributed by atoms with Gasteiger partial charge in [0.25, 0.3) is 5.91 Å². The predicted molar refractivity (Wildman–Crippen MR) is 94.4 cm³/mol. The van der Waals surface area contributed by atoms with Gasteiger partial charge in [0.1, 0.15) is 0 Å². The molecule has 0 atom stereocenters. The van der Waals surface area contributed by atoms with Crippen LogP contribution in [0.2, 0.25) is 0 Å². The molecule has 0 spiro atoms. The van der Waals surface area contributed by atoms with Gasteiger partial charge in [-0.25, -0.2) is 0 Å². The number of halogens is 1. The third kappa shape index (κ3) is 3.84. The van der Waals surface area contributed by atoms with Gasteiger partial charge < -0.3 is 23.8 Å².